The Morgan fingerprint density at radius 1 is 0.352 bits per heavy atom. The van der Waals surface area contributed by atoms with Gasteiger partial charge in [-0.3, -0.25) is 0 Å². The molecule has 0 radical (unpaired) electrons. The van der Waals surface area contributed by atoms with E-state index in [0.29, 0.717) is 5.92 Å². The van der Waals surface area contributed by atoms with Gasteiger partial charge in [-0.1, -0.05) is 147 Å². The van der Waals surface area contributed by atoms with Crippen LogP contribution in [-0.2, 0) is 5.41 Å². The number of fused-ring (bicyclic) bond motifs is 3. The van der Waals surface area contributed by atoms with E-state index in [-0.39, 0.29) is 5.41 Å². The topological polar surface area (TPSA) is 9.72 Å². The first-order valence-corrected chi connectivity index (χ1v) is 26.0. The third-order valence-corrected chi connectivity index (χ3v) is 16.9. The van der Waals surface area contributed by atoms with Gasteiger partial charge in [-0.15, -0.1) is 0 Å². The number of rotatable bonds is 11. The molecular weight excluding hydrogens is 859 g/mol. The van der Waals surface area contributed by atoms with Crippen molar-refractivity contribution < 1.29 is 0 Å². The number of anilines is 9. The highest BCUT2D eigenvalue weighted by molar-refractivity contribution is 5.91. The molecule has 0 saturated heterocycles. The van der Waals surface area contributed by atoms with Gasteiger partial charge in [-0.25, -0.2) is 0 Å². The molecule has 3 nitrogen and oxygen atoms in total. The molecule has 4 fully saturated rings. The summed E-state index contributed by atoms with van der Waals surface area (Å²) in [7, 11) is 0. The van der Waals surface area contributed by atoms with E-state index in [9.17, 15) is 0 Å². The van der Waals surface area contributed by atoms with Gasteiger partial charge in [-0.05, 0) is 204 Å². The first kappa shape index (κ1) is 43.4. The molecule has 14 rings (SSSR count). The lowest BCUT2D eigenvalue weighted by Crippen LogP contribution is -2.43. The van der Waals surface area contributed by atoms with Crippen molar-refractivity contribution in [1.82, 2.24) is 0 Å². The summed E-state index contributed by atoms with van der Waals surface area (Å²) >= 11 is 0. The van der Waals surface area contributed by atoms with Crippen molar-refractivity contribution in [3.05, 3.63) is 247 Å². The van der Waals surface area contributed by atoms with Gasteiger partial charge in [0.05, 0.1) is 17.1 Å². The van der Waals surface area contributed by atoms with Gasteiger partial charge in [0.15, 0.2) is 0 Å². The average Bonchev–Trinajstić information content (AvgIpc) is 3.64. The minimum absolute atomic E-state index is 0.174. The third kappa shape index (κ3) is 7.74. The second kappa shape index (κ2) is 17.7. The van der Waals surface area contributed by atoms with Gasteiger partial charge in [-0.2, -0.15) is 0 Å². The predicted octanol–water partition coefficient (Wildman–Crippen LogP) is 18.9. The van der Waals surface area contributed by atoms with E-state index in [0.717, 1.165) is 74.9 Å². The van der Waals surface area contributed by atoms with E-state index in [2.05, 4.69) is 260 Å². The number of nitrogens with zero attached hydrogens (tertiary/aromatic N) is 3. The van der Waals surface area contributed by atoms with Gasteiger partial charge < -0.3 is 14.7 Å². The monoisotopic (exact) mass is 919 g/mol. The number of benzene rings is 9. The van der Waals surface area contributed by atoms with Crippen molar-refractivity contribution in [2.75, 3.05) is 14.7 Å². The summed E-state index contributed by atoms with van der Waals surface area (Å²) in [5.41, 5.74) is 20.4. The zero-order valence-corrected chi connectivity index (χ0v) is 41.1. The van der Waals surface area contributed by atoms with Gasteiger partial charge in [0.2, 0.25) is 0 Å². The SMILES string of the molecule is Cc1cccc2c1-c1ccc(N(c3ccc(-c4ccccc4)cc3)c3cc(N(c4ccccc4)c4ccccc4)cc(N(c4ccccc4)c4ccc(C5C6CC7CC(C6)CC5C7)cc4)c3)cc1C2(C)C. The van der Waals surface area contributed by atoms with Crippen LogP contribution in [0.15, 0.2) is 224 Å². The summed E-state index contributed by atoms with van der Waals surface area (Å²) < 4.78 is 0. The Hall–Kier alpha value is -7.62. The molecule has 3 heteroatoms. The zero-order valence-electron chi connectivity index (χ0n) is 41.1. The molecule has 0 atom stereocenters. The summed E-state index contributed by atoms with van der Waals surface area (Å²) in [5, 5.41) is 0. The molecule has 0 heterocycles. The molecule has 5 aliphatic carbocycles. The predicted molar refractivity (Wildman–Crippen MR) is 298 cm³/mol. The van der Waals surface area contributed by atoms with Crippen molar-refractivity contribution in [3.8, 4) is 22.3 Å². The van der Waals surface area contributed by atoms with Crippen LogP contribution in [0.2, 0.25) is 0 Å². The molecule has 0 amide bonds. The van der Waals surface area contributed by atoms with Crippen molar-refractivity contribution >= 4 is 51.2 Å². The summed E-state index contributed by atoms with van der Waals surface area (Å²) in [6.07, 6.45) is 7.16. The summed E-state index contributed by atoms with van der Waals surface area (Å²) in [5.74, 6) is 4.26. The number of hydrogen-bond acceptors (Lipinski definition) is 3. The fraction of sp³-hybridized carbons (Fsp3) is 0.206. The lowest BCUT2D eigenvalue weighted by molar-refractivity contribution is -0.00277. The van der Waals surface area contributed by atoms with Crippen LogP contribution < -0.4 is 14.7 Å². The first-order chi connectivity index (χ1) is 34.8. The van der Waals surface area contributed by atoms with E-state index < -0.39 is 0 Å². The standard InChI is InChI=1S/C68H61N3/c1-46-17-16-26-64-66(46)63-36-35-59(45-65(63)68(64,2)3)71(58-31-27-50(28-32-58)49-18-8-4-9-19-49)62-43-60(69(54-20-10-5-11-21-54)55-22-12-6-13-23-55)42-61(44-62)70(56-24-14-7-15-25-56)57-33-29-51(30-34-57)67-52-38-47-37-48(40-52)41-53(67)39-47/h4-36,42-45,47-48,52-53,67H,37-41H2,1-3H3. The van der Waals surface area contributed by atoms with Crippen LogP contribution in [0.3, 0.4) is 0 Å². The highest BCUT2D eigenvalue weighted by Gasteiger charge is 2.48. The van der Waals surface area contributed by atoms with E-state index >= 15 is 0 Å². The van der Waals surface area contributed by atoms with Crippen LogP contribution in [0.5, 0.6) is 0 Å². The smallest absolute Gasteiger partial charge is 0.0503 e. The molecule has 348 valence electrons. The Balaban J connectivity index is 1.02. The quantitative estimate of drug-likeness (QED) is 0.128. The Kier molecular flexibility index (Phi) is 10.8. The molecule has 0 aliphatic heterocycles. The Bertz CT molecular complexity index is 3280. The van der Waals surface area contributed by atoms with Crippen LogP contribution in [0.1, 0.15) is 74.1 Å². The minimum Gasteiger partial charge on any atom is -0.310 e. The molecule has 0 spiro atoms. The van der Waals surface area contributed by atoms with Crippen LogP contribution in [0.25, 0.3) is 22.3 Å². The molecule has 71 heavy (non-hydrogen) atoms. The normalized spacial score (nSPS) is 20.0. The Labute approximate surface area is 420 Å². The maximum Gasteiger partial charge on any atom is 0.0503 e. The molecule has 4 bridgehead atoms. The average molecular weight is 920 g/mol. The maximum absolute atomic E-state index is 2.49. The second-order valence-electron chi connectivity index (χ2n) is 21.5. The van der Waals surface area contributed by atoms with Crippen molar-refractivity contribution in [2.45, 2.75) is 64.2 Å². The number of hydrogen-bond donors (Lipinski definition) is 0. The third-order valence-electron chi connectivity index (χ3n) is 16.9. The highest BCUT2D eigenvalue weighted by Crippen LogP contribution is 2.60. The molecule has 9 aromatic carbocycles. The second-order valence-corrected chi connectivity index (χ2v) is 21.5. The number of aryl methyl sites for hydroxylation is 1. The van der Waals surface area contributed by atoms with Gasteiger partial charge >= 0.3 is 0 Å². The maximum atomic E-state index is 2.49. The lowest BCUT2D eigenvalue weighted by atomic mass is 9.51. The fourth-order valence-electron chi connectivity index (χ4n) is 13.9. The van der Waals surface area contributed by atoms with E-state index in [1.54, 1.807) is 0 Å². The lowest BCUT2D eigenvalue weighted by Gasteiger charge is -2.54. The molecule has 0 N–H and O–H groups in total. The van der Waals surface area contributed by atoms with Crippen LogP contribution >= 0.6 is 0 Å². The van der Waals surface area contributed by atoms with Crippen LogP contribution in [0.4, 0.5) is 51.2 Å². The van der Waals surface area contributed by atoms with E-state index in [4.69, 9.17) is 0 Å². The Morgan fingerprint density at radius 2 is 0.775 bits per heavy atom. The molecule has 0 aromatic heterocycles. The summed E-state index contributed by atoms with van der Waals surface area (Å²) in [6, 6.07) is 83.5. The molecule has 5 aliphatic rings. The van der Waals surface area contributed by atoms with Gasteiger partial charge in [0.25, 0.3) is 0 Å². The van der Waals surface area contributed by atoms with E-state index in [1.807, 2.05) is 0 Å². The molecule has 4 saturated carbocycles. The van der Waals surface area contributed by atoms with Crippen LogP contribution in [0, 0.1) is 30.6 Å². The summed E-state index contributed by atoms with van der Waals surface area (Å²) in [4.78, 5) is 7.37. The molecule has 0 unspecified atom stereocenters. The first-order valence-electron chi connectivity index (χ1n) is 26.0. The summed E-state index contributed by atoms with van der Waals surface area (Å²) in [6.45, 7) is 7.04. The number of para-hydroxylation sites is 3. The van der Waals surface area contributed by atoms with Crippen molar-refractivity contribution in [2.24, 2.45) is 23.7 Å². The van der Waals surface area contributed by atoms with Crippen molar-refractivity contribution in [1.29, 1.82) is 0 Å². The Morgan fingerprint density at radius 3 is 1.28 bits per heavy atom. The van der Waals surface area contributed by atoms with E-state index in [1.165, 1.54) is 76.6 Å². The van der Waals surface area contributed by atoms with Gasteiger partial charge in [0.1, 0.15) is 0 Å². The van der Waals surface area contributed by atoms with Crippen LogP contribution in [-0.4, -0.2) is 0 Å². The fourth-order valence-corrected chi connectivity index (χ4v) is 13.9. The van der Waals surface area contributed by atoms with Crippen molar-refractivity contribution in [3.63, 3.8) is 0 Å². The minimum atomic E-state index is -0.174. The largest absolute Gasteiger partial charge is 0.310 e. The van der Waals surface area contributed by atoms with Gasteiger partial charge in [0, 0.05) is 39.5 Å². The molecular formula is C68H61N3. The molecule has 9 aromatic rings. The zero-order chi connectivity index (χ0) is 47.6. The highest BCUT2D eigenvalue weighted by atomic mass is 15.2.